The van der Waals surface area contributed by atoms with Crippen LogP contribution in [0.3, 0.4) is 0 Å². The summed E-state index contributed by atoms with van der Waals surface area (Å²) in [6, 6.07) is 12.5. The first-order valence-corrected chi connectivity index (χ1v) is 9.41. The van der Waals surface area contributed by atoms with Gasteiger partial charge in [0, 0.05) is 0 Å². The minimum atomic E-state index is -1.07. The number of aliphatic carboxylic acids is 1. The van der Waals surface area contributed by atoms with Crippen molar-refractivity contribution in [1.29, 1.82) is 0 Å². The molecule has 0 unspecified atom stereocenters. The van der Waals surface area contributed by atoms with Crippen LogP contribution < -0.4 is 9.47 Å². The molecule has 7 heteroatoms. The molecule has 0 aliphatic carbocycles. The average Bonchev–Trinajstić information content (AvgIpc) is 3.09. The van der Waals surface area contributed by atoms with E-state index in [9.17, 15) is 9.90 Å². The highest BCUT2D eigenvalue weighted by atomic mass is 32.2. The molecule has 0 bridgehead atoms. The van der Waals surface area contributed by atoms with E-state index in [1.165, 1.54) is 0 Å². The summed E-state index contributed by atoms with van der Waals surface area (Å²) in [4.78, 5) is 16.1. The van der Waals surface area contributed by atoms with Crippen LogP contribution in [0.25, 0.3) is 17.2 Å². The van der Waals surface area contributed by atoms with E-state index in [0.717, 1.165) is 11.8 Å². The van der Waals surface area contributed by atoms with Crippen LogP contribution in [0.15, 0.2) is 69.7 Å². The SMILES string of the molecule is C=CCOc1ccc(/C=C(/Sc2nc3ccccc3o2)C(=O)O)cc1OCC. The molecule has 3 rings (SSSR count). The van der Waals surface area contributed by atoms with Gasteiger partial charge in [0.2, 0.25) is 0 Å². The van der Waals surface area contributed by atoms with Gasteiger partial charge in [-0.3, -0.25) is 0 Å². The summed E-state index contributed by atoms with van der Waals surface area (Å²) in [7, 11) is 0. The van der Waals surface area contributed by atoms with Crippen molar-refractivity contribution in [3.63, 3.8) is 0 Å². The van der Waals surface area contributed by atoms with Crippen LogP contribution in [0.5, 0.6) is 11.5 Å². The maximum atomic E-state index is 11.7. The summed E-state index contributed by atoms with van der Waals surface area (Å²) in [5.41, 5.74) is 1.95. The summed E-state index contributed by atoms with van der Waals surface area (Å²) in [5, 5.41) is 9.86. The quantitative estimate of drug-likeness (QED) is 0.309. The molecule has 0 atom stereocenters. The number of hydrogen-bond acceptors (Lipinski definition) is 6. The molecule has 0 aliphatic heterocycles. The van der Waals surface area contributed by atoms with Gasteiger partial charge >= 0.3 is 5.97 Å². The van der Waals surface area contributed by atoms with Gasteiger partial charge in [-0.05, 0) is 54.6 Å². The molecule has 0 aliphatic rings. The van der Waals surface area contributed by atoms with Gasteiger partial charge in [0.15, 0.2) is 17.1 Å². The van der Waals surface area contributed by atoms with Gasteiger partial charge in [0.05, 0.1) is 6.61 Å². The van der Waals surface area contributed by atoms with Crippen molar-refractivity contribution in [1.82, 2.24) is 4.98 Å². The van der Waals surface area contributed by atoms with E-state index in [1.807, 2.05) is 25.1 Å². The lowest BCUT2D eigenvalue weighted by atomic mass is 10.2. The van der Waals surface area contributed by atoms with Crippen molar-refractivity contribution in [2.24, 2.45) is 0 Å². The number of oxazole rings is 1. The van der Waals surface area contributed by atoms with Gasteiger partial charge < -0.3 is 19.0 Å². The Balaban J connectivity index is 1.89. The standard InChI is InChI=1S/C21H19NO5S/c1-3-11-26-17-10-9-14(12-18(17)25-4-2)13-19(20(23)24)28-21-22-15-7-5-6-8-16(15)27-21/h3,5-10,12-13H,1,4,11H2,2H3,(H,23,24)/b19-13+. The first kappa shape index (κ1) is 19.6. The number of rotatable bonds is 9. The van der Waals surface area contributed by atoms with Gasteiger partial charge in [-0.15, -0.1) is 0 Å². The van der Waals surface area contributed by atoms with Crippen molar-refractivity contribution in [3.8, 4) is 11.5 Å². The summed E-state index contributed by atoms with van der Waals surface area (Å²) in [6.45, 7) is 6.30. The molecule has 0 amide bonds. The first-order chi connectivity index (χ1) is 13.6. The molecule has 2 aromatic carbocycles. The molecule has 1 heterocycles. The van der Waals surface area contributed by atoms with Crippen LogP contribution in [0, 0.1) is 0 Å². The molecular weight excluding hydrogens is 378 g/mol. The van der Waals surface area contributed by atoms with Gasteiger partial charge in [0.25, 0.3) is 5.22 Å². The number of hydrogen-bond donors (Lipinski definition) is 1. The largest absolute Gasteiger partial charge is 0.490 e. The normalized spacial score (nSPS) is 11.4. The topological polar surface area (TPSA) is 81.8 Å². The Morgan fingerprint density at radius 3 is 2.79 bits per heavy atom. The molecule has 144 valence electrons. The molecule has 1 aromatic heterocycles. The number of para-hydroxylation sites is 2. The van der Waals surface area contributed by atoms with Gasteiger partial charge in [-0.1, -0.05) is 30.9 Å². The highest BCUT2D eigenvalue weighted by Crippen LogP contribution is 2.33. The second-order valence-corrected chi connectivity index (χ2v) is 6.60. The van der Waals surface area contributed by atoms with Crippen LogP contribution in [0.2, 0.25) is 0 Å². The number of nitrogens with zero attached hydrogens (tertiary/aromatic N) is 1. The smallest absolute Gasteiger partial charge is 0.342 e. The fourth-order valence-electron chi connectivity index (χ4n) is 2.43. The zero-order valence-electron chi connectivity index (χ0n) is 15.3. The molecule has 0 spiro atoms. The number of fused-ring (bicyclic) bond motifs is 1. The predicted molar refractivity (Wildman–Crippen MR) is 109 cm³/mol. The third-order valence-corrected chi connectivity index (χ3v) is 4.47. The number of benzene rings is 2. The number of carboxylic acid groups (broad SMARTS) is 1. The Morgan fingerprint density at radius 2 is 2.07 bits per heavy atom. The summed E-state index contributed by atoms with van der Waals surface area (Å²) < 4.78 is 16.8. The van der Waals surface area contributed by atoms with Crippen molar-refractivity contribution in [2.75, 3.05) is 13.2 Å². The van der Waals surface area contributed by atoms with Crippen molar-refractivity contribution in [2.45, 2.75) is 12.1 Å². The van der Waals surface area contributed by atoms with E-state index in [-0.39, 0.29) is 10.1 Å². The molecule has 0 fully saturated rings. The van der Waals surface area contributed by atoms with E-state index >= 15 is 0 Å². The Labute approximate surface area is 166 Å². The molecule has 0 saturated carbocycles. The van der Waals surface area contributed by atoms with E-state index in [0.29, 0.717) is 41.4 Å². The lowest BCUT2D eigenvalue weighted by Gasteiger charge is -2.11. The van der Waals surface area contributed by atoms with Gasteiger partial charge in [-0.2, -0.15) is 0 Å². The third kappa shape index (κ3) is 4.75. The minimum absolute atomic E-state index is 0.0776. The maximum absolute atomic E-state index is 11.7. The van der Waals surface area contributed by atoms with Crippen LogP contribution in [-0.4, -0.2) is 29.3 Å². The molecule has 1 N–H and O–H groups in total. The maximum Gasteiger partial charge on any atom is 0.342 e. The molecule has 3 aromatic rings. The van der Waals surface area contributed by atoms with Crippen molar-refractivity contribution >= 4 is 34.9 Å². The van der Waals surface area contributed by atoms with Crippen LogP contribution in [0.1, 0.15) is 12.5 Å². The number of aromatic nitrogens is 1. The van der Waals surface area contributed by atoms with Crippen LogP contribution >= 0.6 is 11.8 Å². The van der Waals surface area contributed by atoms with E-state index < -0.39 is 5.97 Å². The van der Waals surface area contributed by atoms with Gasteiger partial charge in [0.1, 0.15) is 17.0 Å². The summed E-state index contributed by atoms with van der Waals surface area (Å²) in [6.07, 6.45) is 3.19. The Hall–Kier alpha value is -3.19. The lowest BCUT2D eigenvalue weighted by molar-refractivity contribution is -0.131. The highest BCUT2D eigenvalue weighted by Gasteiger charge is 2.15. The molecule has 6 nitrogen and oxygen atoms in total. The fraction of sp³-hybridized carbons (Fsp3) is 0.143. The van der Waals surface area contributed by atoms with E-state index in [2.05, 4.69) is 11.6 Å². The van der Waals surface area contributed by atoms with Crippen molar-refractivity contribution < 1.29 is 23.8 Å². The highest BCUT2D eigenvalue weighted by molar-refractivity contribution is 8.03. The Kier molecular flexibility index (Phi) is 6.39. The molecular formula is C21H19NO5S. The molecule has 0 radical (unpaired) electrons. The Morgan fingerprint density at radius 1 is 1.25 bits per heavy atom. The molecule has 0 saturated heterocycles. The average molecular weight is 397 g/mol. The lowest BCUT2D eigenvalue weighted by Crippen LogP contribution is -2.00. The zero-order chi connectivity index (χ0) is 19.9. The minimum Gasteiger partial charge on any atom is -0.490 e. The van der Waals surface area contributed by atoms with E-state index in [1.54, 1.807) is 36.4 Å². The van der Waals surface area contributed by atoms with E-state index in [4.69, 9.17) is 13.9 Å². The Bertz CT molecular complexity index is 992. The van der Waals surface area contributed by atoms with Gasteiger partial charge in [-0.25, -0.2) is 9.78 Å². The second-order valence-electron chi connectivity index (χ2n) is 5.60. The second kappa shape index (κ2) is 9.14. The number of carboxylic acids is 1. The number of ether oxygens (including phenoxy) is 2. The number of thioether (sulfide) groups is 1. The monoisotopic (exact) mass is 397 g/mol. The summed E-state index contributed by atoms with van der Waals surface area (Å²) in [5.74, 6) is 0.0364. The van der Waals surface area contributed by atoms with Crippen LogP contribution in [-0.2, 0) is 4.79 Å². The predicted octanol–water partition coefficient (Wildman–Crippen LogP) is 5.01. The summed E-state index contributed by atoms with van der Waals surface area (Å²) >= 11 is 0.953. The third-order valence-electron chi connectivity index (χ3n) is 3.60. The first-order valence-electron chi connectivity index (χ1n) is 8.59. The zero-order valence-corrected chi connectivity index (χ0v) is 16.1. The number of carbonyl (C=O) groups is 1. The van der Waals surface area contributed by atoms with Crippen LogP contribution in [0.4, 0.5) is 0 Å². The molecule has 28 heavy (non-hydrogen) atoms. The fourth-order valence-corrected chi connectivity index (χ4v) is 3.17. The van der Waals surface area contributed by atoms with Crippen molar-refractivity contribution in [3.05, 3.63) is 65.6 Å².